The van der Waals surface area contributed by atoms with Gasteiger partial charge in [-0.15, -0.1) is 0 Å². The first-order valence-corrected chi connectivity index (χ1v) is 13.6. The quantitative estimate of drug-likeness (QED) is 0.336. The van der Waals surface area contributed by atoms with Crippen LogP contribution >= 0.6 is 0 Å². The molecule has 1 aliphatic carbocycles. The molecule has 3 heterocycles. The van der Waals surface area contributed by atoms with Crippen LogP contribution in [0.2, 0.25) is 0 Å². The van der Waals surface area contributed by atoms with Gasteiger partial charge >= 0.3 is 12.2 Å². The van der Waals surface area contributed by atoms with Gasteiger partial charge in [0.05, 0.1) is 19.2 Å². The van der Waals surface area contributed by atoms with E-state index in [1.807, 2.05) is 12.2 Å². The highest BCUT2D eigenvalue weighted by atomic mass is 19.4. The van der Waals surface area contributed by atoms with E-state index in [9.17, 15) is 31.5 Å². The lowest BCUT2D eigenvalue weighted by Crippen LogP contribution is -2.40. The van der Waals surface area contributed by atoms with Crippen LogP contribution in [0.3, 0.4) is 0 Å². The number of aryl methyl sites for hydroxylation is 1. The summed E-state index contributed by atoms with van der Waals surface area (Å²) in [5.41, 5.74) is 1.41. The van der Waals surface area contributed by atoms with Crippen molar-refractivity contribution in [3.63, 3.8) is 0 Å². The van der Waals surface area contributed by atoms with Crippen LogP contribution in [-0.4, -0.2) is 70.0 Å². The first kappa shape index (κ1) is 29.7. The summed E-state index contributed by atoms with van der Waals surface area (Å²) in [6.45, 7) is 1.61. The van der Waals surface area contributed by atoms with Crippen molar-refractivity contribution in [2.24, 2.45) is 5.92 Å². The second kappa shape index (κ2) is 11.5. The Morgan fingerprint density at radius 2 is 2.00 bits per heavy atom. The van der Waals surface area contributed by atoms with Crippen molar-refractivity contribution in [1.29, 1.82) is 0 Å². The molecule has 5 rings (SSSR count). The fourth-order valence-corrected chi connectivity index (χ4v) is 5.61. The van der Waals surface area contributed by atoms with E-state index in [-0.39, 0.29) is 44.1 Å². The smallest absolute Gasteiger partial charge is 0.410 e. The molecule has 228 valence electrons. The Labute approximate surface area is 237 Å². The number of oxazole rings is 1. The largest absolute Gasteiger partial charge is 0.438 e. The van der Waals surface area contributed by atoms with Crippen molar-refractivity contribution in [1.82, 2.24) is 30.3 Å². The van der Waals surface area contributed by atoms with Gasteiger partial charge in [-0.2, -0.15) is 18.3 Å². The number of methoxy groups -OCH3 is 1. The number of ether oxygens (including phenoxy) is 1. The average Bonchev–Trinajstić information content (AvgIpc) is 3.68. The maximum absolute atomic E-state index is 14.0. The van der Waals surface area contributed by atoms with Crippen molar-refractivity contribution in [2.45, 2.75) is 69.4 Å². The molecule has 0 radical (unpaired) electrons. The topological polar surface area (TPSA) is 115 Å². The molecule has 42 heavy (non-hydrogen) atoms. The molecule has 3 unspecified atom stereocenters. The van der Waals surface area contributed by atoms with Crippen molar-refractivity contribution >= 4 is 23.0 Å². The van der Waals surface area contributed by atoms with Gasteiger partial charge in [0, 0.05) is 32.7 Å². The molecule has 1 aliphatic heterocycles. The summed E-state index contributed by atoms with van der Waals surface area (Å²) in [4.78, 5) is 31.3. The van der Waals surface area contributed by atoms with Crippen molar-refractivity contribution < 1.29 is 40.7 Å². The van der Waals surface area contributed by atoms with Crippen molar-refractivity contribution in [2.75, 3.05) is 20.3 Å². The highest BCUT2D eigenvalue weighted by Crippen LogP contribution is 2.42. The zero-order valence-electron chi connectivity index (χ0n) is 23.0. The molecule has 15 heteroatoms. The standard InChI is InChI=1S/C27H31F5N6O4/c1-3-38-18(8-11-33-38)23(39)36-22(15-6-9-26(28,29)10-7-15)24-34-17-12-16(4-5-20(17)42-24)19(14-41-2)37-13-21(27(30,31)32)35-25(37)40/h4-5,8,11-12,15,19,21-22H,3,6-7,9-10,13-14H2,1-2H3,(H,35,40)(H,36,39). The number of nitrogens with zero attached hydrogens (tertiary/aromatic N) is 4. The lowest BCUT2D eigenvalue weighted by molar-refractivity contribution is -0.150. The van der Waals surface area contributed by atoms with Crippen LogP contribution in [0.25, 0.3) is 11.1 Å². The highest BCUT2D eigenvalue weighted by molar-refractivity contribution is 5.92. The van der Waals surface area contributed by atoms with Gasteiger partial charge in [0.1, 0.15) is 23.3 Å². The van der Waals surface area contributed by atoms with Gasteiger partial charge in [0.15, 0.2) is 5.58 Å². The van der Waals surface area contributed by atoms with Crippen molar-refractivity contribution in [3.8, 4) is 0 Å². The van der Waals surface area contributed by atoms with Crippen molar-refractivity contribution in [3.05, 3.63) is 47.6 Å². The van der Waals surface area contributed by atoms with Gasteiger partial charge in [0.2, 0.25) is 11.8 Å². The molecule has 2 N–H and O–H groups in total. The van der Waals surface area contributed by atoms with Gasteiger partial charge in [-0.05, 0) is 49.4 Å². The third-order valence-corrected chi connectivity index (χ3v) is 7.88. The van der Waals surface area contributed by atoms with Crippen LogP contribution in [0, 0.1) is 5.92 Å². The third-order valence-electron chi connectivity index (χ3n) is 7.88. The van der Waals surface area contributed by atoms with Crippen LogP contribution in [0.4, 0.5) is 26.7 Å². The number of hydrogen-bond acceptors (Lipinski definition) is 6. The predicted octanol–water partition coefficient (Wildman–Crippen LogP) is 4.98. The molecule has 0 bridgehead atoms. The fourth-order valence-electron chi connectivity index (χ4n) is 5.61. The molecule has 0 spiro atoms. The number of carbonyl (C=O) groups excluding carboxylic acids is 2. The van der Waals surface area contributed by atoms with E-state index in [0.29, 0.717) is 28.9 Å². The Bertz CT molecular complexity index is 1430. The maximum Gasteiger partial charge on any atom is 0.410 e. The molecule has 1 saturated heterocycles. The minimum atomic E-state index is -4.61. The second-order valence-electron chi connectivity index (χ2n) is 10.6. The molecule has 1 saturated carbocycles. The third kappa shape index (κ3) is 6.05. The zero-order valence-corrected chi connectivity index (χ0v) is 23.0. The summed E-state index contributed by atoms with van der Waals surface area (Å²) < 4.78 is 80.6. The van der Waals surface area contributed by atoms with Crippen LogP contribution in [0.15, 0.2) is 34.9 Å². The number of alkyl halides is 5. The number of benzene rings is 1. The summed E-state index contributed by atoms with van der Waals surface area (Å²) in [5.74, 6) is -3.51. The molecular weight excluding hydrogens is 567 g/mol. The van der Waals surface area contributed by atoms with E-state index in [1.165, 1.54) is 18.0 Å². The summed E-state index contributed by atoms with van der Waals surface area (Å²) in [6.07, 6.45) is -3.52. The van der Waals surface area contributed by atoms with E-state index >= 15 is 0 Å². The molecule has 2 aromatic heterocycles. The number of fused-ring (bicyclic) bond motifs is 1. The Kier molecular flexibility index (Phi) is 8.14. The number of nitrogens with one attached hydrogen (secondary N) is 2. The van der Waals surface area contributed by atoms with E-state index < -0.39 is 48.7 Å². The zero-order chi connectivity index (χ0) is 30.2. The van der Waals surface area contributed by atoms with Gasteiger partial charge in [-0.25, -0.2) is 18.6 Å². The lowest BCUT2D eigenvalue weighted by Gasteiger charge is -2.32. The molecule has 10 nitrogen and oxygen atoms in total. The van der Waals surface area contributed by atoms with Gasteiger partial charge in [0.25, 0.3) is 5.91 Å². The number of urea groups is 1. The fraction of sp³-hybridized carbons (Fsp3) is 0.556. The molecule has 2 aliphatic rings. The Morgan fingerprint density at radius 1 is 1.26 bits per heavy atom. The molecule has 2 fully saturated rings. The number of amides is 3. The van der Waals surface area contributed by atoms with Crippen LogP contribution in [-0.2, 0) is 11.3 Å². The predicted molar refractivity (Wildman–Crippen MR) is 139 cm³/mol. The van der Waals surface area contributed by atoms with Crippen LogP contribution in [0.1, 0.15) is 66.6 Å². The van der Waals surface area contributed by atoms with E-state index in [1.54, 1.807) is 24.3 Å². The number of carbonyl (C=O) groups is 2. The van der Waals surface area contributed by atoms with E-state index in [2.05, 4.69) is 15.4 Å². The highest BCUT2D eigenvalue weighted by Gasteiger charge is 2.48. The number of rotatable bonds is 9. The lowest BCUT2D eigenvalue weighted by atomic mass is 9.82. The molecule has 1 aromatic carbocycles. The SMILES string of the molecule is CCn1nccc1C(=O)NC(c1nc2cc(C(COC)N3CC(C(F)(F)F)NC3=O)ccc2o1)C1CCC(F)(F)CC1. The molecular formula is C27H31F5N6O4. The number of halogens is 5. The summed E-state index contributed by atoms with van der Waals surface area (Å²) >= 11 is 0. The van der Waals surface area contributed by atoms with E-state index in [0.717, 1.165) is 4.90 Å². The average molecular weight is 599 g/mol. The molecule has 3 atom stereocenters. The minimum absolute atomic E-state index is 0.0751. The number of hydrogen-bond donors (Lipinski definition) is 2. The second-order valence-corrected chi connectivity index (χ2v) is 10.6. The first-order chi connectivity index (χ1) is 19.9. The Balaban J connectivity index is 1.45. The summed E-state index contributed by atoms with van der Waals surface area (Å²) in [7, 11) is 1.38. The van der Waals surface area contributed by atoms with Gasteiger partial charge in [-0.3, -0.25) is 9.48 Å². The first-order valence-electron chi connectivity index (χ1n) is 13.6. The van der Waals surface area contributed by atoms with Gasteiger partial charge < -0.3 is 24.7 Å². The van der Waals surface area contributed by atoms with Crippen LogP contribution < -0.4 is 10.6 Å². The summed E-state index contributed by atoms with van der Waals surface area (Å²) in [5, 5.41) is 8.98. The molecule has 3 amide bonds. The summed E-state index contributed by atoms with van der Waals surface area (Å²) in [6, 6.07) is 1.75. The maximum atomic E-state index is 14.0. The Morgan fingerprint density at radius 3 is 2.64 bits per heavy atom. The Hall–Kier alpha value is -3.75. The van der Waals surface area contributed by atoms with Crippen LogP contribution in [0.5, 0.6) is 0 Å². The molecule has 3 aromatic rings. The normalized spacial score (nSPS) is 21.0. The van der Waals surface area contributed by atoms with Gasteiger partial charge in [-0.1, -0.05) is 6.07 Å². The number of aromatic nitrogens is 3. The van der Waals surface area contributed by atoms with E-state index in [4.69, 9.17) is 9.15 Å². The minimum Gasteiger partial charge on any atom is -0.438 e. The monoisotopic (exact) mass is 598 g/mol.